The van der Waals surface area contributed by atoms with Crippen LogP contribution in [0.4, 0.5) is 0 Å². The summed E-state index contributed by atoms with van der Waals surface area (Å²) in [6.45, 7) is 5.06. The Balaban J connectivity index is 1.65. The summed E-state index contributed by atoms with van der Waals surface area (Å²) >= 11 is 3.10. The van der Waals surface area contributed by atoms with Crippen LogP contribution in [0.15, 0.2) is 59.6 Å². The van der Waals surface area contributed by atoms with Crippen LogP contribution in [0.5, 0.6) is 0 Å². The van der Waals surface area contributed by atoms with Gasteiger partial charge in [0, 0.05) is 11.4 Å². The molecule has 0 aliphatic carbocycles. The second-order valence-electron chi connectivity index (χ2n) is 4.93. The van der Waals surface area contributed by atoms with E-state index in [1.807, 2.05) is 47.9 Å². The zero-order valence-electron chi connectivity index (χ0n) is 12.6. The molecular weight excluding hydrogens is 326 g/mol. The van der Waals surface area contributed by atoms with Crippen molar-refractivity contribution < 1.29 is 4.79 Å². The van der Waals surface area contributed by atoms with E-state index in [1.54, 1.807) is 11.3 Å². The van der Waals surface area contributed by atoms with Crippen LogP contribution in [0.3, 0.4) is 0 Å². The molecule has 0 saturated carbocycles. The lowest BCUT2D eigenvalue weighted by Gasteiger charge is -2.06. The topological polar surface area (TPSA) is 46.9 Å². The van der Waals surface area contributed by atoms with Gasteiger partial charge in [-0.2, -0.15) is 0 Å². The summed E-state index contributed by atoms with van der Waals surface area (Å²) in [7, 11) is 0. The third-order valence-electron chi connectivity index (χ3n) is 3.30. The Kier molecular flexibility index (Phi) is 5.15. The van der Waals surface area contributed by atoms with E-state index in [2.05, 4.69) is 21.4 Å². The lowest BCUT2D eigenvalue weighted by atomic mass is 10.3. The van der Waals surface area contributed by atoms with Gasteiger partial charge in [-0.1, -0.05) is 36.0 Å². The Labute approximate surface area is 143 Å². The fourth-order valence-corrected chi connectivity index (χ4v) is 3.75. The average Bonchev–Trinajstić information content (AvgIpc) is 3.20. The molecule has 1 aromatic carbocycles. The third-order valence-corrected chi connectivity index (χ3v) is 5.16. The van der Waals surface area contributed by atoms with Gasteiger partial charge in [0.2, 0.25) is 5.91 Å². The van der Waals surface area contributed by atoms with Crippen molar-refractivity contribution in [2.45, 2.75) is 18.2 Å². The highest BCUT2D eigenvalue weighted by molar-refractivity contribution is 7.99. The van der Waals surface area contributed by atoms with E-state index in [-0.39, 0.29) is 5.91 Å². The van der Waals surface area contributed by atoms with Crippen LogP contribution in [-0.4, -0.2) is 21.2 Å². The Morgan fingerprint density at radius 2 is 2.22 bits per heavy atom. The van der Waals surface area contributed by atoms with E-state index in [0.717, 1.165) is 21.1 Å². The number of carbonyl (C=O) groups is 1. The smallest absolute Gasteiger partial charge is 0.230 e. The summed E-state index contributed by atoms with van der Waals surface area (Å²) in [4.78, 5) is 17.8. The van der Waals surface area contributed by atoms with Crippen LogP contribution in [0.1, 0.15) is 4.88 Å². The molecular formula is C17H17N3OS2. The van der Waals surface area contributed by atoms with Gasteiger partial charge in [-0.15, -0.1) is 17.9 Å². The predicted molar refractivity (Wildman–Crippen MR) is 96.8 cm³/mol. The van der Waals surface area contributed by atoms with Crippen LogP contribution >= 0.6 is 23.1 Å². The van der Waals surface area contributed by atoms with Crippen LogP contribution in [-0.2, 0) is 17.9 Å². The summed E-state index contributed by atoms with van der Waals surface area (Å²) in [5, 5.41) is 5.79. The van der Waals surface area contributed by atoms with E-state index in [9.17, 15) is 4.79 Å². The Hall–Kier alpha value is -2.05. The minimum Gasteiger partial charge on any atom is -0.350 e. The van der Waals surface area contributed by atoms with E-state index in [1.165, 1.54) is 11.8 Å². The molecule has 6 heteroatoms. The molecule has 0 saturated heterocycles. The molecule has 0 aliphatic rings. The summed E-state index contributed by atoms with van der Waals surface area (Å²) in [6, 6.07) is 12.0. The van der Waals surface area contributed by atoms with Crippen molar-refractivity contribution >= 4 is 40.0 Å². The molecule has 0 spiro atoms. The van der Waals surface area contributed by atoms with Crippen molar-refractivity contribution in [3.05, 3.63) is 59.3 Å². The second-order valence-corrected chi connectivity index (χ2v) is 6.90. The quantitative estimate of drug-likeness (QED) is 0.526. The average molecular weight is 343 g/mol. The number of aromatic nitrogens is 2. The SMILES string of the molecule is C=CCn1c(SCC(=O)NCc2cccs2)nc2ccccc21. The molecule has 0 bridgehead atoms. The highest BCUT2D eigenvalue weighted by atomic mass is 32.2. The fraction of sp³-hybridized carbons (Fsp3) is 0.176. The number of nitrogens with one attached hydrogen (secondary N) is 1. The third kappa shape index (κ3) is 3.83. The summed E-state index contributed by atoms with van der Waals surface area (Å²) < 4.78 is 2.08. The Morgan fingerprint density at radius 1 is 1.35 bits per heavy atom. The van der Waals surface area contributed by atoms with Gasteiger partial charge in [-0.3, -0.25) is 4.79 Å². The van der Waals surface area contributed by atoms with E-state index in [0.29, 0.717) is 18.8 Å². The molecule has 4 nitrogen and oxygen atoms in total. The molecule has 23 heavy (non-hydrogen) atoms. The number of fused-ring (bicyclic) bond motifs is 1. The first-order valence-corrected chi connectivity index (χ1v) is 9.12. The molecule has 0 fully saturated rings. The van der Waals surface area contributed by atoms with Crippen molar-refractivity contribution in [1.82, 2.24) is 14.9 Å². The predicted octanol–water partition coefficient (Wildman–Crippen LogP) is 3.69. The maximum atomic E-state index is 12.0. The Morgan fingerprint density at radius 3 is 3.00 bits per heavy atom. The van der Waals surface area contributed by atoms with Crippen LogP contribution < -0.4 is 5.32 Å². The van der Waals surface area contributed by atoms with Gasteiger partial charge in [0.15, 0.2) is 5.16 Å². The molecule has 0 aliphatic heterocycles. The number of para-hydroxylation sites is 2. The number of carbonyl (C=O) groups excluding carboxylic acids is 1. The monoisotopic (exact) mass is 343 g/mol. The van der Waals surface area contributed by atoms with Crippen LogP contribution in [0.2, 0.25) is 0 Å². The fourth-order valence-electron chi connectivity index (χ4n) is 2.25. The number of amides is 1. The second kappa shape index (κ2) is 7.48. The lowest BCUT2D eigenvalue weighted by molar-refractivity contribution is -0.118. The largest absolute Gasteiger partial charge is 0.350 e. The van der Waals surface area contributed by atoms with E-state index < -0.39 is 0 Å². The number of hydrogen-bond acceptors (Lipinski definition) is 4. The first kappa shape index (κ1) is 15.8. The maximum absolute atomic E-state index is 12.0. The summed E-state index contributed by atoms with van der Waals surface area (Å²) in [5.74, 6) is 0.367. The number of nitrogens with zero attached hydrogens (tertiary/aromatic N) is 2. The molecule has 0 unspecified atom stereocenters. The molecule has 1 amide bonds. The molecule has 0 radical (unpaired) electrons. The summed E-state index contributed by atoms with van der Waals surface area (Å²) in [5.41, 5.74) is 2.00. The standard InChI is InChI=1S/C17H17N3OS2/c1-2-9-20-15-8-4-3-7-14(15)19-17(20)23-12-16(21)18-11-13-6-5-10-22-13/h2-8,10H,1,9,11-12H2,(H,18,21). The Bertz CT molecular complexity index is 808. The number of hydrogen-bond donors (Lipinski definition) is 1. The van der Waals surface area contributed by atoms with E-state index in [4.69, 9.17) is 0 Å². The van der Waals surface area contributed by atoms with Gasteiger partial charge < -0.3 is 9.88 Å². The molecule has 1 N–H and O–H groups in total. The highest BCUT2D eigenvalue weighted by Gasteiger charge is 2.12. The van der Waals surface area contributed by atoms with Crippen molar-refractivity contribution in [3.8, 4) is 0 Å². The van der Waals surface area contributed by atoms with Crippen molar-refractivity contribution in [2.24, 2.45) is 0 Å². The molecule has 118 valence electrons. The first-order valence-electron chi connectivity index (χ1n) is 7.26. The lowest BCUT2D eigenvalue weighted by Crippen LogP contribution is -2.24. The first-order chi connectivity index (χ1) is 11.3. The normalized spacial score (nSPS) is 10.8. The molecule has 2 aromatic heterocycles. The maximum Gasteiger partial charge on any atom is 0.230 e. The van der Waals surface area contributed by atoms with Crippen LogP contribution in [0.25, 0.3) is 11.0 Å². The van der Waals surface area contributed by atoms with Gasteiger partial charge >= 0.3 is 0 Å². The molecule has 3 aromatic rings. The van der Waals surface area contributed by atoms with Gasteiger partial charge in [0.1, 0.15) is 0 Å². The molecule has 3 rings (SSSR count). The number of imidazole rings is 1. The number of benzene rings is 1. The van der Waals surface area contributed by atoms with Gasteiger partial charge in [-0.05, 0) is 23.6 Å². The van der Waals surface area contributed by atoms with Crippen molar-refractivity contribution in [2.75, 3.05) is 5.75 Å². The zero-order valence-corrected chi connectivity index (χ0v) is 14.2. The van der Waals surface area contributed by atoms with E-state index >= 15 is 0 Å². The summed E-state index contributed by atoms with van der Waals surface area (Å²) in [6.07, 6.45) is 1.84. The van der Waals surface area contributed by atoms with Crippen molar-refractivity contribution in [3.63, 3.8) is 0 Å². The molecule has 2 heterocycles. The van der Waals surface area contributed by atoms with Gasteiger partial charge in [0.25, 0.3) is 0 Å². The van der Waals surface area contributed by atoms with Crippen molar-refractivity contribution in [1.29, 1.82) is 0 Å². The molecule has 0 atom stereocenters. The van der Waals surface area contributed by atoms with Gasteiger partial charge in [0.05, 0.1) is 23.3 Å². The number of thioether (sulfide) groups is 1. The highest BCUT2D eigenvalue weighted by Crippen LogP contribution is 2.24. The van der Waals surface area contributed by atoms with Crippen LogP contribution in [0, 0.1) is 0 Å². The zero-order chi connectivity index (χ0) is 16.1. The number of allylic oxidation sites excluding steroid dienone is 1. The number of rotatable bonds is 7. The minimum absolute atomic E-state index is 0.0145. The number of thiophene rings is 1. The minimum atomic E-state index is 0.0145. The van der Waals surface area contributed by atoms with Gasteiger partial charge in [-0.25, -0.2) is 4.98 Å².